The van der Waals surface area contributed by atoms with Crippen molar-refractivity contribution >= 4 is 29.3 Å². The third-order valence-electron chi connectivity index (χ3n) is 1.15. The molecule has 0 aliphatic rings. The Morgan fingerprint density at radius 3 is 1.50 bits per heavy atom. The number of rotatable bonds is 4. The van der Waals surface area contributed by atoms with Crippen LogP contribution in [0.3, 0.4) is 0 Å². The van der Waals surface area contributed by atoms with E-state index in [1.165, 1.54) is 0 Å². The van der Waals surface area contributed by atoms with Crippen LogP contribution in [0.4, 0.5) is 0 Å². The Balaban J connectivity index is 3.34. The molecule has 0 unspecified atom stereocenters. The zero-order valence-electron chi connectivity index (χ0n) is 7.33. The Morgan fingerprint density at radius 2 is 1.30 bits per heavy atom. The van der Waals surface area contributed by atoms with Crippen molar-refractivity contribution in [1.29, 1.82) is 0 Å². The van der Waals surface area contributed by atoms with Crippen molar-refractivity contribution in [3.63, 3.8) is 0 Å². The van der Waals surface area contributed by atoms with E-state index >= 15 is 0 Å². The Bertz CT molecular complexity index is 73.7. The number of aliphatic hydroxyl groups excluding tert-OH is 1. The first kappa shape index (κ1) is 11.1. The number of hydrogen-bond acceptors (Lipinski definition) is 1. The minimum atomic E-state index is -0.572. The van der Waals surface area contributed by atoms with Gasteiger partial charge in [-0.25, -0.2) is 0 Å². The fourth-order valence-corrected chi connectivity index (χ4v) is 5.94. The molecule has 0 aliphatic heterocycles. The van der Waals surface area contributed by atoms with E-state index in [1.54, 1.807) is 0 Å². The summed E-state index contributed by atoms with van der Waals surface area (Å²) in [4.78, 5) is 0. The van der Waals surface area contributed by atoms with E-state index in [1.807, 2.05) is 0 Å². The van der Waals surface area contributed by atoms with E-state index in [2.05, 4.69) is 22.8 Å². The number of hydrogen-bond donors (Lipinski definition) is 1. The van der Waals surface area contributed by atoms with Gasteiger partial charge in [0.2, 0.25) is 0 Å². The molecule has 0 aromatic carbocycles. The fraction of sp³-hybridized carbons (Fsp3) is 1.00. The van der Waals surface area contributed by atoms with E-state index in [-0.39, 0.29) is 6.10 Å². The van der Waals surface area contributed by atoms with Gasteiger partial charge < -0.3 is 0 Å². The van der Waals surface area contributed by atoms with E-state index in [9.17, 15) is 5.11 Å². The Kier molecular flexibility index (Phi) is 6.31. The normalized spacial score (nSPS) is 12.0. The molecule has 0 saturated heterocycles. The molecule has 3 heteroatoms. The summed E-state index contributed by atoms with van der Waals surface area (Å²) in [6, 6.07) is 0. The van der Waals surface area contributed by atoms with Crippen molar-refractivity contribution in [1.82, 2.24) is 0 Å². The summed E-state index contributed by atoms with van der Waals surface area (Å²) >= 11 is -1.14. The molecular weight excluding hydrogens is 250 g/mol. The molecule has 0 saturated carbocycles. The molecule has 62 valence electrons. The second kappa shape index (κ2) is 5.69. The summed E-state index contributed by atoms with van der Waals surface area (Å²) in [5, 5.41) is 11.7. The molecule has 0 radical (unpaired) electrons. The Labute approximate surface area is 73.7 Å². The molecular formula is C7H18As2O. The van der Waals surface area contributed by atoms with Gasteiger partial charge in [0.15, 0.2) is 0 Å². The quantitative estimate of drug-likeness (QED) is 0.771. The summed E-state index contributed by atoms with van der Waals surface area (Å²) in [5.74, 6) is 0. The first-order valence-electron chi connectivity index (χ1n) is 3.50. The van der Waals surface area contributed by atoms with Crippen LogP contribution in [0.25, 0.3) is 0 Å². The molecule has 10 heavy (non-hydrogen) atoms. The molecule has 0 spiro atoms. The molecule has 0 atom stereocenters. The molecule has 0 heterocycles. The molecule has 0 aromatic heterocycles. The van der Waals surface area contributed by atoms with Gasteiger partial charge in [0.25, 0.3) is 0 Å². The Morgan fingerprint density at radius 1 is 1.00 bits per heavy atom. The molecule has 1 nitrogen and oxygen atoms in total. The molecule has 1 N–H and O–H groups in total. The van der Waals surface area contributed by atoms with E-state index in [0.29, 0.717) is 0 Å². The molecule has 0 aromatic rings. The fourth-order valence-electron chi connectivity index (χ4n) is 0.901. The maximum absolute atomic E-state index is 9.46. The van der Waals surface area contributed by atoms with Crippen LogP contribution in [0.2, 0.25) is 33.3 Å². The molecule has 0 bridgehead atoms. The molecule has 0 rings (SSSR count). The number of aliphatic hydroxyl groups is 1. The average Bonchev–Trinajstić information content (AvgIpc) is 1.58. The van der Waals surface area contributed by atoms with Crippen molar-refractivity contribution in [3.05, 3.63) is 0 Å². The monoisotopic (exact) mass is 268 g/mol. The van der Waals surface area contributed by atoms with Gasteiger partial charge in [-0.1, -0.05) is 0 Å². The second-order valence-electron chi connectivity index (χ2n) is 3.18. The van der Waals surface area contributed by atoms with E-state index < -0.39 is 29.3 Å². The Hall–Kier alpha value is 1.08. The van der Waals surface area contributed by atoms with Gasteiger partial charge >= 0.3 is 73.8 Å². The first-order chi connectivity index (χ1) is 4.52. The van der Waals surface area contributed by atoms with Gasteiger partial charge in [-0.05, 0) is 0 Å². The van der Waals surface area contributed by atoms with E-state index in [4.69, 9.17) is 0 Å². The van der Waals surface area contributed by atoms with Gasteiger partial charge in [0.05, 0.1) is 0 Å². The van der Waals surface area contributed by atoms with Gasteiger partial charge in [-0.15, -0.1) is 0 Å². The van der Waals surface area contributed by atoms with E-state index in [0.717, 1.165) is 10.4 Å². The first-order valence-corrected chi connectivity index (χ1v) is 13.7. The van der Waals surface area contributed by atoms with Crippen LogP contribution < -0.4 is 0 Å². The van der Waals surface area contributed by atoms with Crippen LogP contribution >= 0.6 is 0 Å². The molecule has 0 aliphatic carbocycles. The van der Waals surface area contributed by atoms with Crippen LogP contribution in [0.1, 0.15) is 0 Å². The summed E-state index contributed by atoms with van der Waals surface area (Å²) in [7, 11) is 0. The van der Waals surface area contributed by atoms with Crippen LogP contribution in [-0.4, -0.2) is 40.5 Å². The van der Waals surface area contributed by atoms with Crippen molar-refractivity contribution in [2.24, 2.45) is 0 Å². The maximum atomic E-state index is 9.46. The van der Waals surface area contributed by atoms with Crippen molar-refractivity contribution in [3.8, 4) is 0 Å². The minimum absolute atomic E-state index is 0.0463. The zero-order valence-corrected chi connectivity index (χ0v) is 11.1. The van der Waals surface area contributed by atoms with Gasteiger partial charge in [0, 0.05) is 0 Å². The van der Waals surface area contributed by atoms with Crippen LogP contribution in [-0.2, 0) is 0 Å². The standard InChI is InChI=1S/C7H18As2O/c1-8(2)5-7(10)6-9(3)4/h7,10H,5-6H2,1-4H3. The van der Waals surface area contributed by atoms with Gasteiger partial charge in [-0.2, -0.15) is 0 Å². The molecule has 0 fully saturated rings. The molecule has 0 amide bonds. The van der Waals surface area contributed by atoms with Crippen LogP contribution in [0.15, 0.2) is 0 Å². The average molecular weight is 268 g/mol. The third-order valence-corrected chi connectivity index (χ3v) is 5.98. The SMILES string of the molecule is C[As](C)CC(O)C[As](C)C. The van der Waals surface area contributed by atoms with Crippen molar-refractivity contribution < 1.29 is 5.11 Å². The topological polar surface area (TPSA) is 20.2 Å². The zero-order chi connectivity index (χ0) is 8.15. The summed E-state index contributed by atoms with van der Waals surface area (Å²) in [5.41, 5.74) is 9.22. The summed E-state index contributed by atoms with van der Waals surface area (Å²) < 4.78 is 0. The van der Waals surface area contributed by atoms with Crippen molar-refractivity contribution in [2.45, 2.75) is 39.4 Å². The van der Waals surface area contributed by atoms with Crippen LogP contribution in [0.5, 0.6) is 0 Å². The predicted molar refractivity (Wildman–Crippen MR) is 50.6 cm³/mol. The second-order valence-corrected chi connectivity index (χ2v) is 13.8. The van der Waals surface area contributed by atoms with Crippen molar-refractivity contribution in [2.75, 3.05) is 0 Å². The summed E-state index contributed by atoms with van der Waals surface area (Å²) in [6.45, 7) is 0. The predicted octanol–water partition coefficient (Wildman–Crippen LogP) is 1.86. The van der Waals surface area contributed by atoms with Gasteiger partial charge in [0.1, 0.15) is 0 Å². The third kappa shape index (κ3) is 7.19. The summed E-state index contributed by atoms with van der Waals surface area (Å²) in [6.07, 6.45) is 0.0463. The van der Waals surface area contributed by atoms with Gasteiger partial charge in [-0.3, -0.25) is 0 Å². The van der Waals surface area contributed by atoms with Crippen LogP contribution in [0, 0.1) is 0 Å².